The van der Waals surface area contributed by atoms with Crippen LogP contribution in [0, 0.1) is 11.3 Å². The Morgan fingerprint density at radius 3 is 2.77 bits per heavy atom. The smallest absolute Gasteiger partial charge is 0.138 e. The van der Waals surface area contributed by atoms with E-state index in [2.05, 4.69) is 31.0 Å². The van der Waals surface area contributed by atoms with Gasteiger partial charge in [-0.25, -0.2) is 0 Å². The molecule has 1 N–H and O–H groups in total. The van der Waals surface area contributed by atoms with E-state index in [9.17, 15) is 5.11 Å². The molecule has 170 valence electrons. The Morgan fingerprint density at radius 2 is 2.06 bits per heavy atom. The van der Waals surface area contributed by atoms with E-state index in [1.165, 1.54) is 11.1 Å². The number of benzene rings is 1. The number of ether oxygens (including phenoxy) is 3. The van der Waals surface area contributed by atoms with Crippen LogP contribution in [-0.4, -0.2) is 61.2 Å². The van der Waals surface area contributed by atoms with E-state index < -0.39 is 11.2 Å². The van der Waals surface area contributed by atoms with Gasteiger partial charge in [0.2, 0.25) is 0 Å². The second-order valence-corrected chi connectivity index (χ2v) is 11.3. The molecule has 5 heteroatoms. The maximum absolute atomic E-state index is 11.8. The average Bonchev–Trinajstić information content (AvgIpc) is 3.11. The van der Waals surface area contributed by atoms with Gasteiger partial charge in [0.1, 0.15) is 23.2 Å². The zero-order chi connectivity index (χ0) is 21.8. The molecule has 0 aromatic heterocycles. The van der Waals surface area contributed by atoms with Gasteiger partial charge in [-0.3, -0.25) is 0 Å². The number of methoxy groups -OCH3 is 2. The van der Waals surface area contributed by atoms with E-state index in [0.29, 0.717) is 6.04 Å². The molecular formula is C26H37NO4. The number of likely N-dealkylation sites (N-methyl/N-ethyl adjacent to an activating group) is 1. The third kappa shape index (κ3) is 2.10. The minimum Gasteiger partial charge on any atom is -0.497 e. The van der Waals surface area contributed by atoms with Crippen molar-refractivity contribution in [2.24, 2.45) is 11.3 Å². The van der Waals surface area contributed by atoms with Crippen molar-refractivity contribution in [3.8, 4) is 11.5 Å². The number of likely N-dealkylation sites (tertiary alicyclic amines) is 1. The van der Waals surface area contributed by atoms with Crippen molar-refractivity contribution in [3.63, 3.8) is 0 Å². The first kappa shape index (κ1) is 20.3. The Bertz CT molecular complexity index is 930. The molecule has 2 heterocycles. The molecule has 0 amide bonds. The molecule has 4 fully saturated rings. The first-order valence-electron chi connectivity index (χ1n) is 12.2. The summed E-state index contributed by atoms with van der Waals surface area (Å²) in [5.74, 6) is 1.96. The van der Waals surface area contributed by atoms with Gasteiger partial charge < -0.3 is 24.2 Å². The molecule has 4 bridgehead atoms. The van der Waals surface area contributed by atoms with E-state index >= 15 is 0 Å². The minimum absolute atomic E-state index is 0.0214. The number of hydrogen-bond donors (Lipinski definition) is 1. The van der Waals surface area contributed by atoms with Gasteiger partial charge in [-0.15, -0.1) is 0 Å². The van der Waals surface area contributed by atoms with Crippen molar-refractivity contribution in [1.29, 1.82) is 0 Å². The zero-order valence-electron chi connectivity index (χ0n) is 19.7. The first-order chi connectivity index (χ1) is 14.8. The predicted molar refractivity (Wildman–Crippen MR) is 119 cm³/mol. The molecule has 7 rings (SSSR count). The summed E-state index contributed by atoms with van der Waals surface area (Å²) >= 11 is 0. The maximum Gasteiger partial charge on any atom is 0.138 e. The molecule has 2 spiro atoms. The van der Waals surface area contributed by atoms with Crippen LogP contribution < -0.4 is 9.47 Å². The van der Waals surface area contributed by atoms with Gasteiger partial charge in [0.05, 0.1) is 12.7 Å². The molecule has 1 aromatic rings. The van der Waals surface area contributed by atoms with Crippen LogP contribution in [0.5, 0.6) is 11.5 Å². The number of fused-ring (bicyclic) bond motifs is 2. The Labute approximate surface area is 186 Å². The van der Waals surface area contributed by atoms with E-state index in [-0.39, 0.29) is 22.9 Å². The lowest BCUT2D eigenvalue weighted by atomic mass is 9.33. The van der Waals surface area contributed by atoms with Crippen LogP contribution in [0.2, 0.25) is 0 Å². The summed E-state index contributed by atoms with van der Waals surface area (Å²) in [7, 11) is 5.90. The normalized spacial score (nSPS) is 43.9. The van der Waals surface area contributed by atoms with E-state index in [4.69, 9.17) is 14.2 Å². The van der Waals surface area contributed by atoms with Crippen molar-refractivity contribution < 1.29 is 19.3 Å². The molecule has 0 unspecified atom stereocenters. The molecule has 4 aliphatic carbocycles. The highest BCUT2D eigenvalue weighted by Gasteiger charge is 2.81. The van der Waals surface area contributed by atoms with Crippen molar-refractivity contribution in [2.75, 3.05) is 27.8 Å². The van der Waals surface area contributed by atoms with Gasteiger partial charge in [0.25, 0.3) is 0 Å². The van der Waals surface area contributed by atoms with Gasteiger partial charge >= 0.3 is 0 Å². The molecule has 1 aromatic carbocycles. The predicted octanol–water partition coefficient (Wildman–Crippen LogP) is 3.69. The third-order valence-electron chi connectivity index (χ3n) is 10.3. The van der Waals surface area contributed by atoms with Crippen LogP contribution in [-0.2, 0) is 16.6 Å². The molecule has 3 saturated carbocycles. The minimum atomic E-state index is -0.761. The quantitative estimate of drug-likeness (QED) is 0.777. The van der Waals surface area contributed by atoms with Crippen molar-refractivity contribution in [3.05, 3.63) is 23.3 Å². The summed E-state index contributed by atoms with van der Waals surface area (Å²) < 4.78 is 19.1. The fourth-order valence-corrected chi connectivity index (χ4v) is 9.23. The molecule has 7 atom stereocenters. The van der Waals surface area contributed by atoms with Crippen LogP contribution in [0.4, 0.5) is 0 Å². The molecular weight excluding hydrogens is 390 g/mol. The number of nitrogens with zero attached hydrogens (tertiary/aromatic N) is 1. The highest BCUT2D eigenvalue weighted by molar-refractivity contribution is 5.61. The van der Waals surface area contributed by atoms with Crippen LogP contribution in [0.15, 0.2) is 12.1 Å². The molecule has 0 radical (unpaired) electrons. The molecule has 31 heavy (non-hydrogen) atoms. The van der Waals surface area contributed by atoms with Crippen molar-refractivity contribution in [1.82, 2.24) is 4.90 Å². The standard InChI is InChI=1S/C26H37NO4/c1-6-7-23(2,28)19-15-24-8-9-26(19,30-5)22-25(24)10-11-27(3)20(24)13-16-12-17(29-4)14-18(31-22)21(16)25/h12,14,19-20,22,28H,6-11,13,15H2,1-5H3/t19-,20-,22-,23+,24-,25+,26-/m1/s1. The van der Waals surface area contributed by atoms with Gasteiger partial charge in [0, 0.05) is 41.5 Å². The van der Waals surface area contributed by atoms with Gasteiger partial charge in [0.15, 0.2) is 0 Å². The lowest BCUT2D eigenvalue weighted by Crippen LogP contribution is -2.82. The number of rotatable bonds is 5. The van der Waals surface area contributed by atoms with E-state index in [1.54, 1.807) is 7.11 Å². The Morgan fingerprint density at radius 1 is 1.26 bits per heavy atom. The van der Waals surface area contributed by atoms with E-state index in [1.807, 2.05) is 14.0 Å². The Hall–Kier alpha value is -1.30. The monoisotopic (exact) mass is 427 g/mol. The number of aliphatic hydroxyl groups is 1. The van der Waals surface area contributed by atoms with Crippen LogP contribution in [0.1, 0.15) is 63.5 Å². The van der Waals surface area contributed by atoms with Gasteiger partial charge in [-0.05, 0) is 70.7 Å². The summed E-state index contributed by atoms with van der Waals surface area (Å²) in [4.78, 5) is 2.60. The topological polar surface area (TPSA) is 51.2 Å². The fourth-order valence-electron chi connectivity index (χ4n) is 9.23. The average molecular weight is 428 g/mol. The van der Waals surface area contributed by atoms with E-state index in [0.717, 1.165) is 63.0 Å². The molecule has 6 aliphatic rings. The van der Waals surface area contributed by atoms with Crippen LogP contribution in [0.3, 0.4) is 0 Å². The summed E-state index contributed by atoms with van der Waals surface area (Å²) in [6, 6.07) is 4.81. The van der Waals surface area contributed by atoms with Gasteiger partial charge in [-0.1, -0.05) is 13.3 Å². The molecule has 2 aliphatic heterocycles. The number of piperidine rings is 1. The molecule has 1 saturated heterocycles. The van der Waals surface area contributed by atoms with Crippen LogP contribution in [0.25, 0.3) is 0 Å². The fraction of sp³-hybridized carbons (Fsp3) is 0.769. The second kappa shape index (κ2) is 6.18. The third-order valence-corrected chi connectivity index (χ3v) is 10.3. The highest BCUT2D eigenvalue weighted by Crippen LogP contribution is 2.77. The molecule has 5 nitrogen and oxygen atoms in total. The lowest BCUT2D eigenvalue weighted by molar-refractivity contribution is -0.301. The summed E-state index contributed by atoms with van der Waals surface area (Å²) in [6.45, 7) is 5.30. The Balaban J connectivity index is 1.62. The van der Waals surface area contributed by atoms with Crippen LogP contribution >= 0.6 is 0 Å². The second-order valence-electron chi connectivity index (χ2n) is 11.3. The largest absolute Gasteiger partial charge is 0.497 e. The Kier molecular flexibility index (Phi) is 4.05. The SMILES string of the molecule is CCC[C@](C)(O)[C@H]1C[C@@]23CC[C@]1(OC)[C@@H]1Oc4cc(OC)cc5c4[C@@]12CCN(C)[C@@H]3C5. The highest BCUT2D eigenvalue weighted by atomic mass is 16.6. The zero-order valence-corrected chi connectivity index (χ0v) is 19.7. The summed E-state index contributed by atoms with van der Waals surface area (Å²) in [5, 5.41) is 11.8. The first-order valence-corrected chi connectivity index (χ1v) is 12.2. The van der Waals surface area contributed by atoms with Gasteiger partial charge in [-0.2, -0.15) is 0 Å². The van der Waals surface area contributed by atoms with Crippen molar-refractivity contribution >= 4 is 0 Å². The summed E-state index contributed by atoms with van der Waals surface area (Å²) in [5.41, 5.74) is 1.73. The number of hydrogen-bond acceptors (Lipinski definition) is 5. The lowest BCUT2D eigenvalue weighted by Gasteiger charge is -2.74. The summed E-state index contributed by atoms with van der Waals surface area (Å²) in [6.07, 6.45) is 7.00. The van der Waals surface area contributed by atoms with Crippen molar-refractivity contribution in [2.45, 2.75) is 87.6 Å². The maximum atomic E-state index is 11.8.